The van der Waals surface area contributed by atoms with Crippen LogP contribution in [-0.2, 0) is 20.9 Å². The van der Waals surface area contributed by atoms with E-state index in [4.69, 9.17) is 24.7 Å². The average Bonchev–Trinajstić information content (AvgIpc) is 3.03. The van der Waals surface area contributed by atoms with E-state index >= 15 is 0 Å². The Labute approximate surface area is 259 Å². The third kappa shape index (κ3) is 18.3. The summed E-state index contributed by atoms with van der Waals surface area (Å²) >= 11 is 0. The van der Waals surface area contributed by atoms with Crippen molar-refractivity contribution in [1.82, 2.24) is 0 Å². The van der Waals surface area contributed by atoms with Gasteiger partial charge >= 0.3 is 11.9 Å². The van der Waals surface area contributed by atoms with Crippen molar-refractivity contribution in [3.8, 4) is 11.5 Å². The number of carbonyl (C=O) groups is 2. The summed E-state index contributed by atoms with van der Waals surface area (Å²) in [7, 11) is 1.38. The molecule has 0 amide bonds. The van der Waals surface area contributed by atoms with Crippen LogP contribution < -0.4 is 15.2 Å². The highest BCUT2D eigenvalue weighted by molar-refractivity contribution is 5.90. The molecule has 0 heterocycles. The van der Waals surface area contributed by atoms with Gasteiger partial charge in [0.1, 0.15) is 18.1 Å². The van der Waals surface area contributed by atoms with Gasteiger partial charge in [0.2, 0.25) is 0 Å². The van der Waals surface area contributed by atoms with Gasteiger partial charge in [0.05, 0.1) is 25.9 Å². The second-order valence-electron chi connectivity index (χ2n) is 11.2. The van der Waals surface area contributed by atoms with Crippen LogP contribution in [0.1, 0.15) is 125 Å². The van der Waals surface area contributed by atoms with Gasteiger partial charge in [-0.15, -0.1) is 0 Å². The lowest BCUT2D eigenvalue weighted by Crippen LogP contribution is -2.05. The molecule has 43 heavy (non-hydrogen) atoms. The SMILES string of the molecule is COC(=O)c1cc(OCCCCCCCCCCN)cc(OCCCCCCCCCCC(=O)OCc2ccccc2)c1. The van der Waals surface area contributed by atoms with E-state index in [2.05, 4.69) is 0 Å². The van der Waals surface area contributed by atoms with E-state index in [9.17, 15) is 9.59 Å². The summed E-state index contributed by atoms with van der Waals surface area (Å²) in [6.07, 6.45) is 18.7. The van der Waals surface area contributed by atoms with Crippen molar-refractivity contribution < 1.29 is 28.5 Å². The van der Waals surface area contributed by atoms with Crippen molar-refractivity contribution in [2.45, 2.75) is 116 Å². The molecule has 2 rings (SSSR count). The number of ether oxygens (including phenoxy) is 4. The minimum Gasteiger partial charge on any atom is -0.493 e. The van der Waals surface area contributed by atoms with Crippen LogP contribution in [0.4, 0.5) is 0 Å². The Morgan fingerprint density at radius 2 is 1.12 bits per heavy atom. The molecular weight excluding hydrogens is 542 g/mol. The van der Waals surface area contributed by atoms with Crippen molar-refractivity contribution >= 4 is 11.9 Å². The maximum Gasteiger partial charge on any atom is 0.338 e. The van der Waals surface area contributed by atoms with Gasteiger partial charge in [-0.2, -0.15) is 0 Å². The predicted molar refractivity (Wildman–Crippen MR) is 173 cm³/mol. The minimum absolute atomic E-state index is 0.115. The Hall–Kier alpha value is -3.06. The second kappa shape index (κ2) is 24.4. The maximum absolute atomic E-state index is 12.2. The Morgan fingerprint density at radius 3 is 1.63 bits per heavy atom. The molecule has 7 nitrogen and oxygen atoms in total. The fourth-order valence-corrected chi connectivity index (χ4v) is 4.90. The standard InChI is InChI=1S/C36H55NO6/c1-40-36(39)32-27-33(29-34(28-32)42-26-20-13-9-5-3-7-11-18-24-37)41-25-19-12-8-4-2-6-10-17-23-35(38)43-30-31-21-15-14-16-22-31/h14-16,21-22,27-29H,2-13,17-20,23-26,30,37H2,1H3. The van der Waals surface area contributed by atoms with Gasteiger partial charge in [-0.3, -0.25) is 4.79 Å². The number of hydrogen-bond donors (Lipinski definition) is 1. The molecule has 0 aliphatic heterocycles. The van der Waals surface area contributed by atoms with E-state index in [0.29, 0.717) is 43.3 Å². The topological polar surface area (TPSA) is 97.1 Å². The van der Waals surface area contributed by atoms with E-state index in [1.807, 2.05) is 36.4 Å². The number of hydrogen-bond acceptors (Lipinski definition) is 7. The second-order valence-corrected chi connectivity index (χ2v) is 11.2. The molecule has 0 unspecified atom stereocenters. The van der Waals surface area contributed by atoms with Crippen LogP contribution in [0.3, 0.4) is 0 Å². The number of methoxy groups -OCH3 is 1. The molecule has 0 saturated heterocycles. The molecule has 0 bridgehead atoms. The summed E-state index contributed by atoms with van der Waals surface area (Å²) in [6.45, 7) is 2.36. The molecule has 7 heteroatoms. The minimum atomic E-state index is -0.394. The third-order valence-electron chi connectivity index (χ3n) is 7.45. The first-order valence-corrected chi connectivity index (χ1v) is 16.5. The van der Waals surface area contributed by atoms with Crippen LogP contribution in [0.5, 0.6) is 11.5 Å². The first-order valence-electron chi connectivity index (χ1n) is 16.5. The van der Waals surface area contributed by atoms with Crippen LogP contribution in [0.15, 0.2) is 48.5 Å². The summed E-state index contributed by atoms with van der Waals surface area (Å²) in [5.74, 6) is 0.770. The van der Waals surface area contributed by atoms with Gasteiger partial charge in [-0.25, -0.2) is 4.79 Å². The molecule has 2 aromatic carbocycles. The summed E-state index contributed by atoms with van der Waals surface area (Å²) in [5, 5.41) is 0. The van der Waals surface area contributed by atoms with Gasteiger partial charge < -0.3 is 24.7 Å². The Kier molecular flexibility index (Phi) is 20.5. The summed E-state index contributed by atoms with van der Waals surface area (Å²) in [4.78, 5) is 24.1. The fourth-order valence-electron chi connectivity index (χ4n) is 4.90. The third-order valence-corrected chi connectivity index (χ3v) is 7.45. The number of nitrogens with two attached hydrogens (primary N) is 1. The highest BCUT2D eigenvalue weighted by Gasteiger charge is 2.11. The quantitative estimate of drug-likeness (QED) is 0.0857. The van der Waals surface area contributed by atoms with Crippen molar-refractivity contribution in [2.24, 2.45) is 5.73 Å². The first-order chi connectivity index (χ1) is 21.1. The number of unbranched alkanes of at least 4 members (excludes halogenated alkanes) is 14. The van der Waals surface area contributed by atoms with Crippen molar-refractivity contribution in [3.63, 3.8) is 0 Å². The molecule has 0 spiro atoms. The van der Waals surface area contributed by atoms with Gasteiger partial charge in [0.25, 0.3) is 0 Å². The summed E-state index contributed by atoms with van der Waals surface area (Å²) < 4.78 is 22.2. The normalized spacial score (nSPS) is 10.8. The maximum atomic E-state index is 12.2. The Bertz CT molecular complexity index is 996. The number of esters is 2. The molecule has 0 radical (unpaired) electrons. The first kappa shape index (κ1) is 36.1. The number of rotatable bonds is 26. The molecule has 0 aromatic heterocycles. The molecule has 0 aliphatic rings. The van der Waals surface area contributed by atoms with Crippen LogP contribution in [-0.4, -0.2) is 38.8 Å². The lowest BCUT2D eigenvalue weighted by atomic mass is 10.1. The van der Waals surface area contributed by atoms with E-state index in [1.165, 1.54) is 52.1 Å². The van der Waals surface area contributed by atoms with E-state index in [1.54, 1.807) is 12.1 Å². The van der Waals surface area contributed by atoms with Gasteiger partial charge in [-0.1, -0.05) is 107 Å². The fraction of sp³-hybridized carbons (Fsp3) is 0.611. The van der Waals surface area contributed by atoms with Crippen molar-refractivity contribution in [3.05, 3.63) is 59.7 Å². The number of carbonyl (C=O) groups excluding carboxylic acids is 2. The van der Waals surface area contributed by atoms with Crippen molar-refractivity contribution in [1.29, 1.82) is 0 Å². The smallest absolute Gasteiger partial charge is 0.338 e. The van der Waals surface area contributed by atoms with Crippen LogP contribution in [0, 0.1) is 0 Å². The highest BCUT2D eigenvalue weighted by atomic mass is 16.5. The average molecular weight is 598 g/mol. The van der Waals surface area contributed by atoms with Crippen molar-refractivity contribution in [2.75, 3.05) is 26.9 Å². The summed E-state index contributed by atoms with van der Waals surface area (Å²) in [6, 6.07) is 15.1. The van der Waals surface area contributed by atoms with Crippen LogP contribution >= 0.6 is 0 Å². The molecule has 0 fully saturated rings. The van der Waals surface area contributed by atoms with Crippen LogP contribution in [0.2, 0.25) is 0 Å². The van der Waals surface area contributed by atoms with E-state index in [0.717, 1.165) is 69.9 Å². The Morgan fingerprint density at radius 1 is 0.628 bits per heavy atom. The molecule has 0 aliphatic carbocycles. The lowest BCUT2D eigenvalue weighted by Gasteiger charge is -2.12. The van der Waals surface area contributed by atoms with Crippen LogP contribution in [0.25, 0.3) is 0 Å². The molecule has 0 atom stereocenters. The molecule has 2 aromatic rings. The summed E-state index contributed by atoms with van der Waals surface area (Å²) in [5.41, 5.74) is 7.00. The zero-order valence-electron chi connectivity index (χ0n) is 26.5. The van der Waals surface area contributed by atoms with Gasteiger partial charge in [-0.05, 0) is 49.9 Å². The number of benzene rings is 2. The molecule has 240 valence electrons. The largest absolute Gasteiger partial charge is 0.493 e. The molecule has 0 saturated carbocycles. The zero-order valence-corrected chi connectivity index (χ0v) is 26.5. The lowest BCUT2D eigenvalue weighted by molar-refractivity contribution is -0.145. The van der Waals surface area contributed by atoms with E-state index in [-0.39, 0.29) is 5.97 Å². The monoisotopic (exact) mass is 597 g/mol. The van der Waals surface area contributed by atoms with Gasteiger partial charge in [0.15, 0.2) is 0 Å². The zero-order chi connectivity index (χ0) is 30.8. The predicted octanol–water partition coefficient (Wildman–Crippen LogP) is 8.56. The Balaban J connectivity index is 1.52. The molecule has 2 N–H and O–H groups in total. The van der Waals surface area contributed by atoms with Gasteiger partial charge in [0, 0.05) is 12.5 Å². The highest BCUT2D eigenvalue weighted by Crippen LogP contribution is 2.24. The molecular formula is C36H55NO6. The van der Waals surface area contributed by atoms with E-state index < -0.39 is 5.97 Å².